The highest BCUT2D eigenvalue weighted by molar-refractivity contribution is 6.31. The first-order valence-electron chi connectivity index (χ1n) is 19.0. The molecule has 1 saturated carbocycles. The third-order valence-electron chi connectivity index (χ3n) is 11.4. The second-order valence-electron chi connectivity index (χ2n) is 14.9. The van der Waals surface area contributed by atoms with E-state index in [0.717, 1.165) is 100 Å². The van der Waals surface area contributed by atoms with Crippen LogP contribution in [0.1, 0.15) is 73.5 Å². The van der Waals surface area contributed by atoms with Crippen LogP contribution in [0.5, 0.6) is 5.75 Å². The van der Waals surface area contributed by atoms with Gasteiger partial charge in [0.2, 0.25) is 12.3 Å². The van der Waals surface area contributed by atoms with Crippen LogP contribution in [0.4, 0.5) is 11.5 Å². The number of aliphatic hydroxyl groups is 1. The smallest absolute Gasteiger partial charge is 0.272 e. The van der Waals surface area contributed by atoms with Gasteiger partial charge in [0.25, 0.3) is 5.91 Å². The number of rotatable bonds is 9. The van der Waals surface area contributed by atoms with Crippen LogP contribution in [0.3, 0.4) is 0 Å². The standard InChI is InChI=1S/C39H45ClN10O4/c40-32-20-30(7-4-26(32)21-41)54-29-8-5-27(6-9-29)43-38(52)33-10-11-36(46-45-33)48-18-12-25(24-48)23-47-16-13-28(14-17-47)50-35-3-1-2-34(31(35)22-42-50)49-19-15-37(51)44-39(49)53/h1-4,7,10-11,20,22,25,27-29,39,53H,5-6,8-9,12-19,23-24H2,(H,43,52)(H,44,51)/t25-,27-,29-,39?/m1/s1. The number of nitrogens with zero attached hydrogens (tertiary/aromatic N) is 8. The Kier molecular flexibility index (Phi) is 10.5. The summed E-state index contributed by atoms with van der Waals surface area (Å²) in [7, 11) is 0. The molecule has 5 heterocycles. The first kappa shape index (κ1) is 36.0. The summed E-state index contributed by atoms with van der Waals surface area (Å²) < 4.78 is 8.23. The third-order valence-corrected chi connectivity index (χ3v) is 11.7. The number of carbonyl (C=O) groups is 2. The molecule has 4 aliphatic rings. The number of aromatic nitrogens is 4. The Labute approximate surface area is 319 Å². The monoisotopic (exact) mass is 752 g/mol. The molecule has 282 valence electrons. The quantitative estimate of drug-likeness (QED) is 0.224. The predicted octanol–water partition coefficient (Wildman–Crippen LogP) is 4.24. The van der Waals surface area contributed by atoms with Crippen LogP contribution in [0.2, 0.25) is 5.02 Å². The molecule has 2 amide bonds. The second kappa shape index (κ2) is 15.8. The summed E-state index contributed by atoms with van der Waals surface area (Å²) in [6.45, 7) is 5.33. The summed E-state index contributed by atoms with van der Waals surface area (Å²) in [5.74, 6) is 1.63. The molecular weight excluding hydrogens is 708 g/mol. The molecule has 15 heteroatoms. The molecule has 2 atom stereocenters. The van der Waals surface area contributed by atoms with Gasteiger partial charge in [0, 0.05) is 63.2 Å². The number of hydrogen-bond acceptors (Lipinski definition) is 11. The fourth-order valence-corrected chi connectivity index (χ4v) is 8.65. The van der Waals surface area contributed by atoms with E-state index in [1.54, 1.807) is 24.3 Å². The van der Waals surface area contributed by atoms with Crippen molar-refractivity contribution in [2.24, 2.45) is 5.92 Å². The number of anilines is 2. The average Bonchev–Trinajstić information content (AvgIpc) is 3.84. The van der Waals surface area contributed by atoms with Crippen LogP contribution in [0, 0.1) is 17.2 Å². The Balaban J connectivity index is 0.777. The lowest BCUT2D eigenvalue weighted by Gasteiger charge is -2.35. The number of fused-ring (bicyclic) bond motifs is 1. The van der Waals surface area contributed by atoms with Gasteiger partial charge in [0.05, 0.1) is 40.1 Å². The zero-order chi connectivity index (χ0) is 37.2. The maximum Gasteiger partial charge on any atom is 0.272 e. The van der Waals surface area contributed by atoms with Gasteiger partial charge in [-0.15, -0.1) is 10.2 Å². The highest BCUT2D eigenvalue weighted by Gasteiger charge is 2.31. The van der Waals surface area contributed by atoms with Gasteiger partial charge in [-0.2, -0.15) is 10.4 Å². The topological polar surface area (TPSA) is 165 Å². The fourth-order valence-electron chi connectivity index (χ4n) is 8.44. The number of halogens is 1. The van der Waals surface area contributed by atoms with Crippen molar-refractivity contribution in [3.63, 3.8) is 0 Å². The van der Waals surface area contributed by atoms with Crippen molar-refractivity contribution in [2.45, 2.75) is 75.9 Å². The normalized spacial score (nSPS) is 24.0. The number of nitriles is 1. The Morgan fingerprint density at radius 1 is 1.02 bits per heavy atom. The summed E-state index contributed by atoms with van der Waals surface area (Å²) in [6, 6.07) is 17.3. The van der Waals surface area contributed by atoms with Crippen LogP contribution < -0.4 is 25.2 Å². The van der Waals surface area contributed by atoms with Crippen LogP contribution >= 0.6 is 11.6 Å². The molecule has 0 spiro atoms. The highest BCUT2D eigenvalue weighted by Crippen LogP contribution is 2.33. The summed E-state index contributed by atoms with van der Waals surface area (Å²) in [6.07, 6.45) is 7.54. The number of nitrogens with one attached hydrogen (secondary N) is 2. The number of hydrogen-bond donors (Lipinski definition) is 3. The second-order valence-corrected chi connectivity index (χ2v) is 15.3. The number of benzene rings is 2. The van der Waals surface area contributed by atoms with Crippen molar-refractivity contribution in [3.8, 4) is 11.8 Å². The van der Waals surface area contributed by atoms with Crippen molar-refractivity contribution in [3.05, 3.63) is 71.0 Å². The van der Waals surface area contributed by atoms with E-state index in [1.807, 2.05) is 29.3 Å². The third kappa shape index (κ3) is 7.80. The van der Waals surface area contributed by atoms with Crippen LogP contribution in [0.15, 0.2) is 54.7 Å². The van der Waals surface area contributed by atoms with Gasteiger partial charge in [-0.1, -0.05) is 17.7 Å². The molecule has 4 aromatic rings. The molecule has 3 saturated heterocycles. The molecule has 2 aromatic heterocycles. The molecule has 3 aliphatic heterocycles. The van der Waals surface area contributed by atoms with Crippen molar-refractivity contribution in [2.75, 3.05) is 49.1 Å². The van der Waals surface area contributed by atoms with E-state index in [9.17, 15) is 14.7 Å². The minimum absolute atomic E-state index is 0.0324. The molecule has 1 aliphatic carbocycles. The maximum absolute atomic E-state index is 13.0. The molecule has 54 heavy (non-hydrogen) atoms. The van der Waals surface area contributed by atoms with Gasteiger partial charge in [-0.05, 0) is 87.3 Å². The van der Waals surface area contributed by atoms with Crippen molar-refractivity contribution < 1.29 is 19.4 Å². The predicted molar refractivity (Wildman–Crippen MR) is 203 cm³/mol. The average molecular weight is 753 g/mol. The number of piperidine rings is 1. The molecule has 2 aromatic carbocycles. The summed E-state index contributed by atoms with van der Waals surface area (Å²) in [4.78, 5) is 31.4. The molecular formula is C39H45ClN10O4. The van der Waals surface area contributed by atoms with E-state index in [1.165, 1.54) is 0 Å². The zero-order valence-electron chi connectivity index (χ0n) is 30.1. The number of amides is 2. The molecule has 0 radical (unpaired) electrons. The van der Waals surface area contributed by atoms with E-state index in [0.29, 0.717) is 47.0 Å². The van der Waals surface area contributed by atoms with E-state index in [-0.39, 0.29) is 24.0 Å². The van der Waals surface area contributed by atoms with E-state index >= 15 is 0 Å². The van der Waals surface area contributed by atoms with Gasteiger partial charge in [0.15, 0.2) is 11.5 Å². The van der Waals surface area contributed by atoms with Crippen molar-refractivity contribution in [1.29, 1.82) is 5.26 Å². The first-order chi connectivity index (χ1) is 26.3. The Morgan fingerprint density at radius 3 is 2.59 bits per heavy atom. The minimum atomic E-state index is -1.04. The van der Waals surface area contributed by atoms with E-state index in [4.69, 9.17) is 26.7 Å². The van der Waals surface area contributed by atoms with Crippen molar-refractivity contribution >= 4 is 45.8 Å². The van der Waals surface area contributed by atoms with Crippen molar-refractivity contribution in [1.82, 2.24) is 35.5 Å². The van der Waals surface area contributed by atoms with Gasteiger partial charge in [-0.25, -0.2) is 0 Å². The molecule has 3 N–H and O–H groups in total. The SMILES string of the molecule is N#Cc1ccc(O[C@H]2CC[C@H](NC(=O)c3ccc(N4CC[C@H](CN5CCC(n6ncc7c(N8CCC(=O)NC8O)cccc76)CC5)C4)nn3)CC2)cc1Cl. The van der Waals surface area contributed by atoms with E-state index < -0.39 is 6.35 Å². The molecule has 8 rings (SSSR count). The summed E-state index contributed by atoms with van der Waals surface area (Å²) in [5, 5.41) is 40.2. The van der Waals surface area contributed by atoms with Gasteiger partial charge in [0.1, 0.15) is 11.8 Å². The van der Waals surface area contributed by atoms with E-state index in [2.05, 4.69) is 47.4 Å². The Hall–Kier alpha value is -4.97. The molecule has 4 fully saturated rings. The highest BCUT2D eigenvalue weighted by atomic mass is 35.5. The number of aliphatic hydroxyl groups excluding tert-OH is 1. The number of likely N-dealkylation sites (tertiary alicyclic amines) is 1. The molecule has 0 bridgehead atoms. The number of carbonyl (C=O) groups excluding carboxylic acids is 2. The Bertz CT molecular complexity index is 2020. The fraction of sp³-hybridized carbons (Fsp3) is 0.487. The summed E-state index contributed by atoms with van der Waals surface area (Å²) in [5.41, 5.74) is 2.67. The first-order valence-corrected chi connectivity index (χ1v) is 19.4. The van der Waals surface area contributed by atoms with Crippen LogP contribution in [0.25, 0.3) is 10.9 Å². The molecule has 1 unspecified atom stereocenters. The minimum Gasteiger partial charge on any atom is -0.490 e. The van der Waals surface area contributed by atoms with Crippen LogP contribution in [-0.2, 0) is 4.79 Å². The molecule has 14 nitrogen and oxygen atoms in total. The largest absolute Gasteiger partial charge is 0.490 e. The lowest BCUT2D eigenvalue weighted by molar-refractivity contribution is -0.125. The van der Waals surface area contributed by atoms with Gasteiger partial charge in [-0.3, -0.25) is 14.3 Å². The lowest BCUT2D eigenvalue weighted by atomic mass is 9.93. The van der Waals surface area contributed by atoms with Crippen LogP contribution in [-0.4, -0.2) is 99.6 Å². The summed E-state index contributed by atoms with van der Waals surface area (Å²) >= 11 is 6.15. The number of ether oxygens (including phenoxy) is 1. The van der Waals surface area contributed by atoms with Gasteiger partial charge >= 0.3 is 0 Å². The maximum atomic E-state index is 13.0. The zero-order valence-corrected chi connectivity index (χ0v) is 30.9. The van der Waals surface area contributed by atoms with Gasteiger partial charge < -0.3 is 35.2 Å². The Morgan fingerprint density at radius 2 is 1.85 bits per heavy atom. The lowest BCUT2D eigenvalue weighted by Crippen LogP contribution is -2.54.